The second kappa shape index (κ2) is 8.09. The Bertz CT molecular complexity index is 952. The maximum atomic E-state index is 12.3. The first-order chi connectivity index (χ1) is 13.0. The van der Waals surface area contributed by atoms with E-state index in [4.69, 9.17) is 9.47 Å². The molecule has 1 aliphatic rings. The number of methoxy groups -OCH3 is 2. The molecule has 2 amide bonds. The van der Waals surface area contributed by atoms with Gasteiger partial charge in [-0.05, 0) is 49.0 Å². The van der Waals surface area contributed by atoms with Crippen molar-refractivity contribution in [2.24, 2.45) is 4.99 Å². The highest BCUT2D eigenvalue weighted by atomic mass is 32.2. The van der Waals surface area contributed by atoms with Crippen LogP contribution in [0.2, 0.25) is 0 Å². The number of carbonyl (C=O) groups excluding carboxylic acids is 2. The fraction of sp³-hybridized carbons (Fsp3) is 0.150. The van der Waals surface area contributed by atoms with Crippen LogP contribution in [0.1, 0.15) is 21.5 Å². The third kappa shape index (κ3) is 4.03. The molecule has 1 aliphatic heterocycles. The number of ether oxygens (including phenoxy) is 2. The predicted octanol–water partition coefficient (Wildman–Crippen LogP) is 3.41. The van der Waals surface area contributed by atoms with Gasteiger partial charge in [0.1, 0.15) is 11.5 Å². The van der Waals surface area contributed by atoms with E-state index in [1.54, 1.807) is 44.6 Å². The largest absolute Gasteiger partial charge is 0.496 e. The van der Waals surface area contributed by atoms with Crippen molar-refractivity contribution in [3.8, 4) is 11.5 Å². The van der Waals surface area contributed by atoms with Crippen LogP contribution in [0.15, 0.2) is 52.4 Å². The summed E-state index contributed by atoms with van der Waals surface area (Å²) in [7, 11) is 3.16. The first-order valence-corrected chi connectivity index (χ1v) is 8.95. The van der Waals surface area contributed by atoms with Crippen molar-refractivity contribution in [3.05, 3.63) is 64.1 Å². The van der Waals surface area contributed by atoms with Crippen LogP contribution in [0.25, 0.3) is 6.08 Å². The average Bonchev–Trinajstić information content (AvgIpc) is 3.01. The number of hydrogen-bond donors (Lipinski definition) is 1. The minimum absolute atomic E-state index is 0.254. The van der Waals surface area contributed by atoms with Gasteiger partial charge in [-0.15, -0.1) is 0 Å². The Balaban J connectivity index is 1.87. The number of amides is 2. The third-order valence-electron chi connectivity index (χ3n) is 3.97. The molecule has 7 heteroatoms. The van der Waals surface area contributed by atoms with Gasteiger partial charge in [-0.1, -0.05) is 18.2 Å². The molecular formula is C20H18N2O4S. The molecule has 1 N–H and O–H groups in total. The Hall–Kier alpha value is -3.06. The summed E-state index contributed by atoms with van der Waals surface area (Å²) >= 11 is 1.11. The van der Waals surface area contributed by atoms with Crippen LogP contribution >= 0.6 is 11.8 Å². The van der Waals surface area contributed by atoms with Crippen LogP contribution in [0.4, 0.5) is 0 Å². The predicted molar refractivity (Wildman–Crippen MR) is 106 cm³/mol. The molecule has 0 atom stereocenters. The lowest BCUT2D eigenvalue weighted by Crippen LogP contribution is -2.20. The lowest BCUT2D eigenvalue weighted by Gasteiger charge is -2.12. The van der Waals surface area contributed by atoms with Crippen LogP contribution < -0.4 is 14.8 Å². The fourth-order valence-corrected chi connectivity index (χ4v) is 3.47. The van der Waals surface area contributed by atoms with E-state index in [1.165, 1.54) is 0 Å². The van der Waals surface area contributed by atoms with Crippen molar-refractivity contribution in [1.29, 1.82) is 0 Å². The van der Waals surface area contributed by atoms with E-state index >= 15 is 0 Å². The number of nitrogens with zero attached hydrogens (tertiary/aromatic N) is 1. The maximum Gasteiger partial charge on any atom is 0.279 e. The number of aliphatic imine (C=N–C) groups is 1. The number of hydrogen-bond acceptors (Lipinski definition) is 5. The summed E-state index contributed by atoms with van der Waals surface area (Å²) in [6.07, 6.45) is 1.71. The molecule has 0 bridgehead atoms. The van der Waals surface area contributed by atoms with Gasteiger partial charge < -0.3 is 14.8 Å². The first-order valence-electron chi connectivity index (χ1n) is 8.14. The molecule has 1 fully saturated rings. The summed E-state index contributed by atoms with van der Waals surface area (Å²) in [6, 6.07) is 12.3. The molecule has 2 aromatic rings. The fourth-order valence-electron chi connectivity index (χ4n) is 2.66. The number of nitrogens with one attached hydrogen (secondary N) is 1. The summed E-state index contributed by atoms with van der Waals surface area (Å²) in [4.78, 5) is 28.9. The highest BCUT2D eigenvalue weighted by molar-refractivity contribution is 8.18. The van der Waals surface area contributed by atoms with Crippen LogP contribution in [0, 0.1) is 6.92 Å². The maximum absolute atomic E-state index is 12.3. The van der Waals surface area contributed by atoms with E-state index in [2.05, 4.69) is 10.3 Å². The minimum atomic E-state index is -0.405. The van der Waals surface area contributed by atoms with Gasteiger partial charge in [0.15, 0.2) is 5.17 Å². The smallest absolute Gasteiger partial charge is 0.279 e. The quantitative estimate of drug-likeness (QED) is 0.820. The van der Waals surface area contributed by atoms with E-state index in [1.807, 2.05) is 25.1 Å². The number of amidine groups is 1. The Morgan fingerprint density at radius 1 is 1.11 bits per heavy atom. The summed E-state index contributed by atoms with van der Waals surface area (Å²) in [5.74, 6) is 0.613. The Morgan fingerprint density at radius 2 is 1.85 bits per heavy atom. The third-order valence-corrected chi connectivity index (χ3v) is 4.88. The van der Waals surface area contributed by atoms with Crippen LogP contribution in [0.3, 0.4) is 0 Å². The van der Waals surface area contributed by atoms with Crippen molar-refractivity contribution in [1.82, 2.24) is 5.32 Å². The normalized spacial score (nSPS) is 16.5. The molecule has 1 saturated heterocycles. The number of thioether (sulfide) groups is 1. The van der Waals surface area contributed by atoms with E-state index in [0.717, 1.165) is 22.9 Å². The van der Waals surface area contributed by atoms with Gasteiger partial charge in [0, 0.05) is 16.7 Å². The zero-order valence-electron chi connectivity index (χ0n) is 15.1. The van der Waals surface area contributed by atoms with Crippen LogP contribution in [-0.2, 0) is 4.79 Å². The van der Waals surface area contributed by atoms with Crippen LogP contribution in [0.5, 0.6) is 11.5 Å². The monoisotopic (exact) mass is 382 g/mol. The van der Waals surface area contributed by atoms with Crippen molar-refractivity contribution in [2.45, 2.75) is 6.92 Å². The zero-order valence-corrected chi connectivity index (χ0v) is 15.9. The van der Waals surface area contributed by atoms with E-state index < -0.39 is 5.91 Å². The van der Waals surface area contributed by atoms with Crippen molar-refractivity contribution >= 4 is 34.8 Å². The van der Waals surface area contributed by atoms with Gasteiger partial charge in [0.25, 0.3) is 11.8 Å². The zero-order chi connectivity index (χ0) is 19.4. The van der Waals surface area contributed by atoms with Crippen LogP contribution in [-0.4, -0.2) is 31.2 Å². The number of rotatable bonds is 4. The molecule has 1 heterocycles. The molecule has 2 aromatic carbocycles. The van der Waals surface area contributed by atoms with Gasteiger partial charge in [0.2, 0.25) is 0 Å². The Morgan fingerprint density at radius 3 is 2.52 bits per heavy atom. The second-order valence-corrected chi connectivity index (χ2v) is 6.70. The topological polar surface area (TPSA) is 77.0 Å². The van der Waals surface area contributed by atoms with Gasteiger partial charge in [-0.3, -0.25) is 9.59 Å². The molecule has 27 heavy (non-hydrogen) atoms. The van der Waals surface area contributed by atoms with Crippen molar-refractivity contribution in [3.63, 3.8) is 0 Å². The highest BCUT2D eigenvalue weighted by Crippen LogP contribution is 2.35. The van der Waals surface area contributed by atoms with Gasteiger partial charge in [-0.25, -0.2) is 0 Å². The summed E-state index contributed by atoms with van der Waals surface area (Å²) in [6.45, 7) is 1.88. The molecule has 138 valence electrons. The van der Waals surface area contributed by atoms with E-state index in [9.17, 15) is 9.59 Å². The summed E-state index contributed by atoms with van der Waals surface area (Å²) in [5, 5.41) is 2.87. The summed E-state index contributed by atoms with van der Waals surface area (Å²) in [5.41, 5.74) is 2.04. The van der Waals surface area contributed by atoms with Gasteiger partial charge in [-0.2, -0.15) is 4.99 Å². The first kappa shape index (κ1) is 18.7. The van der Waals surface area contributed by atoms with Crippen molar-refractivity contribution in [2.75, 3.05) is 14.2 Å². The number of benzene rings is 2. The molecule has 0 saturated carbocycles. The Labute approximate surface area is 161 Å². The molecule has 3 rings (SSSR count). The van der Waals surface area contributed by atoms with Gasteiger partial charge >= 0.3 is 0 Å². The average molecular weight is 382 g/mol. The van der Waals surface area contributed by atoms with E-state index in [0.29, 0.717) is 22.0 Å². The standard InChI is InChI=1S/C20H18N2O4S/c1-12-15(25-2)10-9-14(17(12)26-3)11-16-19(24)22-20(27-16)21-18(23)13-7-5-4-6-8-13/h4-11H,1-3H3,(H,21,22,23,24)/b16-11-. The summed E-state index contributed by atoms with van der Waals surface area (Å²) < 4.78 is 10.8. The van der Waals surface area contributed by atoms with E-state index in [-0.39, 0.29) is 11.1 Å². The lowest BCUT2D eigenvalue weighted by molar-refractivity contribution is -0.115. The Kier molecular flexibility index (Phi) is 5.61. The molecule has 6 nitrogen and oxygen atoms in total. The molecule has 0 unspecified atom stereocenters. The number of carbonyl (C=O) groups is 2. The molecule has 0 aromatic heterocycles. The minimum Gasteiger partial charge on any atom is -0.496 e. The lowest BCUT2D eigenvalue weighted by atomic mass is 10.1. The SMILES string of the molecule is COc1ccc(/C=C2\SC(=NC(=O)c3ccccc3)NC2=O)c(OC)c1C. The molecule has 0 radical (unpaired) electrons. The molecule has 0 aliphatic carbocycles. The van der Waals surface area contributed by atoms with Crippen molar-refractivity contribution < 1.29 is 19.1 Å². The highest BCUT2D eigenvalue weighted by Gasteiger charge is 2.25. The second-order valence-electron chi connectivity index (χ2n) is 5.67. The molecule has 0 spiro atoms. The molecular weight excluding hydrogens is 364 g/mol. The van der Waals surface area contributed by atoms with Gasteiger partial charge in [0.05, 0.1) is 19.1 Å².